The molecule has 0 atom stereocenters. The Morgan fingerprint density at radius 3 is 2.79 bits per heavy atom. The Labute approximate surface area is 80.8 Å². The molecule has 0 aliphatic rings. The number of hydrogen-bond donors (Lipinski definition) is 1. The zero-order valence-electron chi connectivity index (χ0n) is 7.98. The van der Waals surface area contributed by atoms with E-state index in [1.54, 1.807) is 11.6 Å². The van der Waals surface area contributed by atoms with E-state index in [0.29, 0.717) is 5.39 Å². The molecule has 2 rings (SSSR count). The van der Waals surface area contributed by atoms with Gasteiger partial charge in [-0.3, -0.25) is 0 Å². The van der Waals surface area contributed by atoms with Crippen LogP contribution in [-0.4, -0.2) is 9.67 Å². The van der Waals surface area contributed by atoms with E-state index in [9.17, 15) is 10.0 Å². The second-order valence-corrected chi connectivity index (χ2v) is 3.34. The van der Waals surface area contributed by atoms with Gasteiger partial charge in [0.1, 0.15) is 0 Å². The number of nitroso groups, excluding NO2 is 1. The van der Waals surface area contributed by atoms with Gasteiger partial charge in [-0.15, -0.1) is 4.91 Å². The number of fused-ring (bicyclic) bond motifs is 1. The molecule has 1 N–H and O–H groups in total. The first-order valence-corrected chi connectivity index (χ1v) is 4.26. The number of aromatic hydroxyl groups is 1. The first-order valence-electron chi connectivity index (χ1n) is 4.26. The first-order chi connectivity index (χ1) is 6.65. The van der Waals surface area contributed by atoms with Crippen LogP contribution in [0.15, 0.2) is 23.4 Å². The number of aryl methyl sites for hydroxylation is 2. The topological polar surface area (TPSA) is 54.6 Å². The van der Waals surface area contributed by atoms with Crippen LogP contribution in [0.2, 0.25) is 0 Å². The lowest BCUT2D eigenvalue weighted by atomic mass is 10.1. The summed E-state index contributed by atoms with van der Waals surface area (Å²) in [6, 6.07) is 5.63. The molecule has 0 fully saturated rings. The summed E-state index contributed by atoms with van der Waals surface area (Å²) in [6.45, 7) is 1.93. The third-order valence-electron chi connectivity index (χ3n) is 2.39. The highest BCUT2D eigenvalue weighted by Crippen LogP contribution is 2.37. The predicted octanol–water partition coefficient (Wildman–Crippen LogP) is 2.59. The molecule has 4 nitrogen and oxygen atoms in total. The summed E-state index contributed by atoms with van der Waals surface area (Å²) in [4.78, 5) is 10.5. The Kier molecular flexibility index (Phi) is 1.77. The summed E-state index contributed by atoms with van der Waals surface area (Å²) in [5, 5.41) is 13.1. The van der Waals surface area contributed by atoms with Gasteiger partial charge in [0.25, 0.3) is 0 Å². The van der Waals surface area contributed by atoms with Gasteiger partial charge in [0.2, 0.25) is 5.88 Å². The number of aromatic nitrogens is 1. The molecule has 2 aromatic rings. The van der Waals surface area contributed by atoms with Crippen molar-refractivity contribution in [3.63, 3.8) is 0 Å². The predicted molar refractivity (Wildman–Crippen MR) is 54.8 cm³/mol. The fourth-order valence-corrected chi connectivity index (χ4v) is 1.62. The van der Waals surface area contributed by atoms with Gasteiger partial charge in [-0.05, 0) is 24.2 Å². The van der Waals surface area contributed by atoms with Crippen LogP contribution in [-0.2, 0) is 7.05 Å². The van der Waals surface area contributed by atoms with E-state index in [0.717, 1.165) is 11.1 Å². The van der Waals surface area contributed by atoms with Crippen molar-refractivity contribution in [1.29, 1.82) is 0 Å². The van der Waals surface area contributed by atoms with Gasteiger partial charge < -0.3 is 9.67 Å². The van der Waals surface area contributed by atoms with Crippen LogP contribution in [0.3, 0.4) is 0 Å². The summed E-state index contributed by atoms with van der Waals surface area (Å²) < 4.78 is 1.55. The van der Waals surface area contributed by atoms with Crippen molar-refractivity contribution >= 4 is 16.6 Å². The summed E-state index contributed by atoms with van der Waals surface area (Å²) in [5.41, 5.74) is 1.96. The van der Waals surface area contributed by atoms with E-state index >= 15 is 0 Å². The molecule has 1 aromatic carbocycles. The second kappa shape index (κ2) is 2.83. The monoisotopic (exact) mass is 190 g/mol. The second-order valence-electron chi connectivity index (χ2n) is 3.34. The molecule has 0 unspecified atom stereocenters. The minimum atomic E-state index is -0.0828. The molecule has 1 aromatic heterocycles. The van der Waals surface area contributed by atoms with Crippen molar-refractivity contribution in [3.8, 4) is 5.88 Å². The molecular formula is C10H10N2O2. The molecular weight excluding hydrogens is 180 g/mol. The fourth-order valence-electron chi connectivity index (χ4n) is 1.62. The highest BCUT2D eigenvalue weighted by Gasteiger charge is 2.14. The van der Waals surface area contributed by atoms with Gasteiger partial charge >= 0.3 is 0 Å². The van der Waals surface area contributed by atoms with Crippen molar-refractivity contribution in [2.75, 3.05) is 0 Å². The van der Waals surface area contributed by atoms with E-state index in [-0.39, 0.29) is 11.6 Å². The van der Waals surface area contributed by atoms with E-state index in [1.165, 1.54) is 0 Å². The zero-order valence-corrected chi connectivity index (χ0v) is 7.98. The Balaban J connectivity index is 2.96. The van der Waals surface area contributed by atoms with Gasteiger partial charge in [0, 0.05) is 12.4 Å². The molecule has 4 heteroatoms. The highest BCUT2D eigenvalue weighted by molar-refractivity contribution is 5.95. The lowest BCUT2D eigenvalue weighted by molar-refractivity contribution is 0.437. The molecule has 14 heavy (non-hydrogen) atoms. The van der Waals surface area contributed by atoms with Gasteiger partial charge in [0.15, 0.2) is 5.69 Å². The van der Waals surface area contributed by atoms with Crippen LogP contribution in [0.1, 0.15) is 5.56 Å². The maximum Gasteiger partial charge on any atom is 0.222 e. The van der Waals surface area contributed by atoms with Crippen molar-refractivity contribution in [2.45, 2.75) is 6.92 Å². The molecule has 0 saturated heterocycles. The number of rotatable bonds is 1. The maximum absolute atomic E-state index is 10.5. The summed E-state index contributed by atoms with van der Waals surface area (Å²) >= 11 is 0. The normalized spacial score (nSPS) is 10.7. The number of hydrogen-bond acceptors (Lipinski definition) is 3. The maximum atomic E-state index is 10.5. The van der Waals surface area contributed by atoms with Gasteiger partial charge in [-0.2, -0.15) is 0 Å². The van der Waals surface area contributed by atoms with Gasteiger partial charge in [-0.1, -0.05) is 11.6 Å². The third kappa shape index (κ3) is 1.00. The quantitative estimate of drug-likeness (QED) is 0.702. The lowest BCUT2D eigenvalue weighted by Gasteiger charge is -1.96. The number of nitrogens with zero attached hydrogens (tertiary/aromatic N) is 2. The van der Waals surface area contributed by atoms with Crippen molar-refractivity contribution in [1.82, 2.24) is 4.57 Å². The summed E-state index contributed by atoms with van der Waals surface area (Å²) in [5.74, 6) is -0.0828. The van der Waals surface area contributed by atoms with Crippen molar-refractivity contribution in [3.05, 3.63) is 28.7 Å². The average Bonchev–Trinajstić information content (AvgIpc) is 2.39. The third-order valence-corrected chi connectivity index (χ3v) is 2.39. The minimum absolute atomic E-state index is 0.0828. The smallest absolute Gasteiger partial charge is 0.222 e. The number of benzene rings is 1. The SMILES string of the molecule is Cc1ccc2c(c1)c(N=O)c(O)n2C. The van der Waals surface area contributed by atoms with Crippen LogP contribution in [0.5, 0.6) is 5.88 Å². The van der Waals surface area contributed by atoms with E-state index in [2.05, 4.69) is 5.18 Å². The summed E-state index contributed by atoms with van der Waals surface area (Å²) in [6.07, 6.45) is 0. The Morgan fingerprint density at radius 2 is 2.14 bits per heavy atom. The molecule has 72 valence electrons. The molecule has 0 amide bonds. The van der Waals surface area contributed by atoms with E-state index in [4.69, 9.17) is 0 Å². The Hall–Kier alpha value is -1.84. The first kappa shape index (κ1) is 8.74. The van der Waals surface area contributed by atoms with Crippen LogP contribution in [0, 0.1) is 11.8 Å². The van der Waals surface area contributed by atoms with Crippen molar-refractivity contribution < 1.29 is 5.11 Å². The van der Waals surface area contributed by atoms with Gasteiger partial charge in [-0.25, -0.2) is 0 Å². The van der Waals surface area contributed by atoms with E-state index in [1.807, 2.05) is 25.1 Å². The summed E-state index contributed by atoms with van der Waals surface area (Å²) in [7, 11) is 1.70. The lowest BCUT2D eigenvalue weighted by Crippen LogP contribution is -1.84. The molecule has 1 heterocycles. The largest absolute Gasteiger partial charge is 0.493 e. The standard InChI is InChI=1S/C10H10N2O2/c1-6-3-4-8-7(5-6)9(11-14)10(13)12(8)2/h3-5,13H,1-2H3. The Morgan fingerprint density at radius 1 is 1.43 bits per heavy atom. The van der Waals surface area contributed by atoms with E-state index < -0.39 is 0 Å². The zero-order chi connectivity index (χ0) is 10.3. The molecule has 0 spiro atoms. The minimum Gasteiger partial charge on any atom is -0.493 e. The molecule has 0 saturated carbocycles. The molecule has 0 bridgehead atoms. The van der Waals surface area contributed by atoms with Crippen molar-refractivity contribution in [2.24, 2.45) is 12.2 Å². The molecule has 0 aliphatic heterocycles. The van der Waals surface area contributed by atoms with Crippen LogP contribution < -0.4 is 0 Å². The average molecular weight is 190 g/mol. The highest BCUT2D eigenvalue weighted by atomic mass is 16.3. The van der Waals surface area contributed by atoms with Crippen LogP contribution in [0.4, 0.5) is 5.69 Å². The molecule has 0 radical (unpaired) electrons. The van der Waals surface area contributed by atoms with Gasteiger partial charge in [0.05, 0.1) is 5.52 Å². The fraction of sp³-hybridized carbons (Fsp3) is 0.200. The Bertz CT molecular complexity index is 514. The molecule has 0 aliphatic carbocycles. The van der Waals surface area contributed by atoms with Crippen LogP contribution >= 0.6 is 0 Å². The van der Waals surface area contributed by atoms with Crippen LogP contribution in [0.25, 0.3) is 10.9 Å².